The zero-order chi connectivity index (χ0) is 21.3. The van der Waals surface area contributed by atoms with E-state index in [2.05, 4.69) is 10.3 Å². The van der Waals surface area contributed by atoms with Gasteiger partial charge >= 0.3 is 0 Å². The lowest BCUT2D eigenvalue weighted by Gasteiger charge is -2.22. The molecule has 1 amide bonds. The molecule has 4 rings (SSSR count). The number of thiazole rings is 1. The molecule has 0 bridgehead atoms. The first-order chi connectivity index (χ1) is 14.3. The van der Waals surface area contributed by atoms with Crippen LogP contribution in [0.15, 0.2) is 58.8 Å². The second-order valence-electron chi connectivity index (χ2n) is 6.77. The van der Waals surface area contributed by atoms with Gasteiger partial charge in [0.15, 0.2) is 5.13 Å². The normalized spacial score (nSPS) is 17.2. The third-order valence-electron chi connectivity index (χ3n) is 4.81. The van der Waals surface area contributed by atoms with Crippen LogP contribution in [0.4, 0.5) is 5.13 Å². The summed E-state index contributed by atoms with van der Waals surface area (Å²) in [7, 11) is -3.67. The number of benzene rings is 2. The molecular weight excluding hydrogens is 465 g/mol. The van der Waals surface area contributed by atoms with E-state index in [4.69, 9.17) is 23.2 Å². The first-order valence-corrected chi connectivity index (χ1v) is 12.2. The zero-order valence-electron chi connectivity index (χ0n) is 15.6. The summed E-state index contributed by atoms with van der Waals surface area (Å²) >= 11 is 13.0. The Bertz CT molecular complexity index is 1160. The van der Waals surface area contributed by atoms with Crippen molar-refractivity contribution in [3.05, 3.63) is 75.2 Å². The average molecular weight is 482 g/mol. The van der Waals surface area contributed by atoms with Crippen LogP contribution >= 0.6 is 34.5 Å². The minimum atomic E-state index is -3.67. The Morgan fingerprint density at radius 2 is 1.70 bits per heavy atom. The minimum Gasteiger partial charge on any atom is -0.298 e. The molecule has 1 unspecified atom stereocenters. The van der Waals surface area contributed by atoms with Crippen LogP contribution in [0.1, 0.15) is 34.9 Å². The number of hydrogen-bond donors (Lipinski definition) is 1. The van der Waals surface area contributed by atoms with E-state index in [9.17, 15) is 13.2 Å². The summed E-state index contributed by atoms with van der Waals surface area (Å²) in [6, 6.07) is 12.3. The highest BCUT2D eigenvalue weighted by molar-refractivity contribution is 7.89. The molecule has 0 spiro atoms. The number of nitrogens with zero attached hydrogens (tertiary/aromatic N) is 2. The van der Waals surface area contributed by atoms with E-state index in [1.807, 2.05) is 0 Å². The average Bonchev–Trinajstić information content (AvgIpc) is 3.38. The summed E-state index contributed by atoms with van der Waals surface area (Å²) in [6.45, 7) is 0.416. The fourth-order valence-electron chi connectivity index (χ4n) is 3.33. The number of carbonyl (C=O) groups is 1. The first-order valence-electron chi connectivity index (χ1n) is 9.14. The van der Waals surface area contributed by atoms with E-state index in [1.54, 1.807) is 41.8 Å². The lowest BCUT2D eigenvalue weighted by atomic mass is 10.2. The molecule has 6 nitrogen and oxygen atoms in total. The van der Waals surface area contributed by atoms with Crippen LogP contribution in [-0.2, 0) is 10.0 Å². The summed E-state index contributed by atoms with van der Waals surface area (Å²) in [5.74, 6) is -0.301. The Balaban J connectivity index is 1.52. The van der Waals surface area contributed by atoms with Crippen LogP contribution in [-0.4, -0.2) is 30.2 Å². The second kappa shape index (κ2) is 8.64. The number of sulfonamides is 1. The van der Waals surface area contributed by atoms with Crippen molar-refractivity contribution in [3.8, 4) is 0 Å². The van der Waals surface area contributed by atoms with Crippen LogP contribution < -0.4 is 5.32 Å². The van der Waals surface area contributed by atoms with Crippen molar-refractivity contribution in [2.24, 2.45) is 0 Å². The highest BCUT2D eigenvalue weighted by atomic mass is 35.5. The van der Waals surface area contributed by atoms with Crippen molar-refractivity contribution < 1.29 is 13.2 Å². The summed E-state index contributed by atoms with van der Waals surface area (Å²) in [5.41, 5.74) is 1.09. The molecule has 1 aliphatic heterocycles. The number of carbonyl (C=O) groups excluding carboxylic acids is 1. The van der Waals surface area contributed by atoms with E-state index in [-0.39, 0.29) is 16.8 Å². The van der Waals surface area contributed by atoms with Crippen LogP contribution in [0.3, 0.4) is 0 Å². The highest BCUT2D eigenvalue weighted by Crippen LogP contribution is 2.37. The molecule has 10 heteroatoms. The highest BCUT2D eigenvalue weighted by Gasteiger charge is 2.37. The topological polar surface area (TPSA) is 79.4 Å². The van der Waals surface area contributed by atoms with Gasteiger partial charge in [-0.25, -0.2) is 13.4 Å². The molecule has 1 N–H and O–H groups in total. The Hall–Kier alpha value is -1.97. The molecule has 1 aromatic heterocycles. The van der Waals surface area contributed by atoms with Gasteiger partial charge in [0.2, 0.25) is 10.0 Å². The number of aromatic nitrogens is 1. The zero-order valence-corrected chi connectivity index (χ0v) is 18.7. The molecule has 1 fully saturated rings. The first kappa shape index (κ1) is 21.3. The number of halogens is 2. The van der Waals surface area contributed by atoms with Crippen molar-refractivity contribution in [3.63, 3.8) is 0 Å². The number of amides is 1. The third kappa shape index (κ3) is 4.38. The largest absolute Gasteiger partial charge is 0.298 e. The summed E-state index contributed by atoms with van der Waals surface area (Å²) in [5, 5.41) is 5.99. The predicted octanol–water partition coefficient (Wildman–Crippen LogP) is 5.23. The van der Waals surface area contributed by atoms with Crippen molar-refractivity contribution in [2.75, 3.05) is 11.9 Å². The smallest absolute Gasteiger partial charge is 0.257 e. The third-order valence-corrected chi connectivity index (χ3v) is 8.02. The second-order valence-corrected chi connectivity index (χ2v) is 10.4. The molecule has 156 valence electrons. The lowest BCUT2D eigenvalue weighted by Crippen LogP contribution is -2.30. The summed E-state index contributed by atoms with van der Waals surface area (Å²) in [6.07, 6.45) is 1.41. The van der Waals surface area contributed by atoms with Gasteiger partial charge in [-0.1, -0.05) is 23.2 Å². The summed E-state index contributed by atoms with van der Waals surface area (Å²) < 4.78 is 27.7. The van der Waals surface area contributed by atoms with Crippen molar-refractivity contribution in [1.29, 1.82) is 0 Å². The van der Waals surface area contributed by atoms with Crippen molar-refractivity contribution in [1.82, 2.24) is 9.29 Å². The fourth-order valence-corrected chi connectivity index (χ4v) is 6.01. The SMILES string of the molecule is O=C(Nc1nc(C2CCCN2S(=O)(=O)c2ccc(Cl)cc2)cs1)c1ccc(Cl)cc1. The van der Waals surface area contributed by atoms with Gasteiger partial charge in [-0.3, -0.25) is 10.1 Å². The summed E-state index contributed by atoms with van der Waals surface area (Å²) in [4.78, 5) is 17.1. The van der Waals surface area contributed by atoms with E-state index in [0.29, 0.717) is 39.4 Å². The van der Waals surface area contributed by atoms with E-state index >= 15 is 0 Å². The van der Waals surface area contributed by atoms with Gasteiger partial charge < -0.3 is 0 Å². The van der Waals surface area contributed by atoms with Crippen LogP contribution in [0.5, 0.6) is 0 Å². The number of rotatable bonds is 5. The fraction of sp³-hybridized carbons (Fsp3) is 0.200. The Kier molecular flexibility index (Phi) is 6.13. The van der Waals surface area contributed by atoms with E-state index in [0.717, 1.165) is 6.42 Å². The van der Waals surface area contributed by atoms with Gasteiger partial charge in [-0.2, -0.15) is 4.31 Å². The molecule has 3 aromatic rings. The molecule has 1 atom stereocenters. The maximum atomic E-state index is 13.1. The van der Waals surface area contributed by atoms with Gasteiger partial charge in [-0.05, 0) is 61.4 Å². The van der Waals surface area contributed by atoms with Crippen LogP contribution in [0.25, 0.3) is 0 Å². The van der Waals surface area contributed by atoms with Gasteiger partial charge in [0.25, 0.3) is 5.91 Å². The molecule has 30 heavy (non-hydrogen) atoms. The lowest BCUT2D eigenvalue weighted by molar-refractivity contribution is 0.102. The molecule has 1 saturated heterocycles. The maximum Gasteiger partial charge on any atom is 0.257 e. The number of anilines is 1. The Labute approximate surface area is 188 Å². The molecule has 2 aromatic carbocycles. The quantitative estimate of drug-likeness (QED) is 0.540. The van der Waals surface area contributed by atoms with E-state index < -0.39 is 10.0 Å². The van der Waals surface area contributed by atoms with Gasteiger partial charge in [0, 0.05) is 27.5 Å². The molecule has 2 heterocycles. The van der Waals surface area contributed by atoms with Crippen molar-refractivity contribution >= 4 is 55.6 Å². The van der Waals surface area contributed by atoms with Gasteiger partial charge in [-0.15, -0.1) is 11.3 Å². The van der Waals surface area contributed by atoms with Crippen LogP contribution in [0.2, 0.25) is 10.0 Å². The van der Waals surface area contributed by atoms with Crippen molar-refractivity contribution in [2.45, 2.75) is 23.8 Å². The standard InChI is InChI=1S/C20H17Cl2N3O3S2/c21-14-5-3-13(4-6-14)19(26)24-20-23-17(12-29-20)18-2-1-11-25(18)30(27,28)16-9-7-15(22)8-10-16/h3-10,12,18H,1-2,11H2,(H,23,24,26). The maximum absolute atomic E-state index is 13.1. The molecule has 0 radical (unpaired) electrons. The molecule has 0 saturated carbocycles. The molecule has 1 aliphatic rings. The monoisotopic (exact) mass is 481 g/mol. The molecular formula is C20H17Cl2N3O3S2. The van der Waals surface area contributed by atoms with Crippen LogP contribution in [0, 0.1) is 0 Å². The predicted molar refractivity (Wildman–Crippen MR) is 119 cm³/mol. The number of nitrogens with one attached hydrogen (secondary N) is 1. The Morgan fingerprint density at radius 3 is 2.37 bits per heavy atom. The van der Waals surface area contributed by atoms with E-state index in [1.165, 1.54) is 27.8 Å². The Morgan fingerprint density at radius 1 is 1.07 bits per heavy atom. The minimum absolute atomic E-state index is 0.199. The molecule has 0 aliphatic carbocycles. The van der Waals surface area contributed by atoms with Gasteiger partial charge in [0.05, 0.1) is 16.6 Å². The van der Waals surface area contributed by atoms with Gasteiger partial charge in [0.1, 0.15) is 0 Å². The number of hydrogen-bond acceptors (Lipinski definition) is 5.